The van der Waals surface area contributed by atoms with Crippen LogP contribution in [0.1, 0.15) is 31.3 Å². The van der Waals surface area contributed by atoms with E-state index in [-0.39, 0.29) is 11.4 Å². The van der Waals surface area contributed by atoms with Gasteiger partial charge in [0.2, 0.25) is 0 Å². The molecule has 0 fully saturated rings. The number of hydrogen-bond acceptors (Lipinski definition) is 3. The Morgan fingerprint density at radius 3 is 2.30 bits per heavy atom. The highest BCUT2D eigenvalue weighted by atomic mass is 16.2. The van der Waals surface area contributed by atoms with E-state index in [1.54, 1.807) is 36.6 Å². The number of amides is 1. The summed E-state index contributed by atoms with van der Waals surface area (Å²) in [6, 6.07) is 7.50. The predicted molar refractivity (Wildman–Crippen MR) is 79.3 cm³/mol. The molecule has 0 N–H and O–H groups in total. The van der Waals surface area contributed by atoms with Gasteiger partial charge < -0.3 is 4.90 Å². The molecule has 4 heteroatoms. The molecule has 0 atom stereocenters. The lowest BCUT2D eigenvalue weighted by Gasteiger charge is -2.31. The minimum Gasteiger partial charge on any atom is -0.336 e. The van der Waals surface area contributed by atoms with Crippen LogP contribution in [0.5, 0.6) is 0 Å². The third kappa shape index (κ3) is 3.02. The molecule has 0 radical (unpaired) electrons. The molecular weight excluding hydrogens is 250 g/mol. The maximum Gasteiger partial charge on any atom is 0.272 e. The first-order chi connectivity index (χ1) is 9.39. The summed E-state index contributed by atoms with van der Waals surface area (Å²) in [5.41, 5.74) is 2.17. The van der Waals surface area contributed by atoms with Crippen molar-refractivity contribution in [3.8, 4) is 11.1 Å². The van der Waals surface area contributed by atoms with Gasteiger partial charge in [-0.3, -0.25) is 14.8 Å². The SMILES string of the molecule is CN(C(=O)c1ccc(-c2cccnc2)cn1)C(C)(C)C. The highest BCUT2D eigenvalue weighted by Crippen LogP contribution is 2.18. The van der Waals surface area contributed by atoms with E-state index >= 15 is 0 Å². The van der Waals surface area contributed by atoms with Crippen LogP contribution in [0, 0.1) is 0 Å². The number of nitrogens with zero attached hydrogens (tertiary/aromatic N) is 3. The van der Waals surface area contributed by atoms with Crippen molar-refractivity contribution in [2.75, 3.05) is 7.05 Å². The quantitative estimate of drug-likeness (QED) is 0.842. The molecule has 0 aromatic carbocycles. The van der Waals surface area contributed by atoms with Gasteiger partial charge in [0.15, 0.2) is 0 Å². The molecule has 2 aromatic rings. The molecule has 0 saturated carbocycles. The largest absolute Gasteiger partial charge is 0.336 e. The molecule has 20 heavy (non-hydrogen) atoms. The van der Waals surface area contributed by atoms with Crippen LogP contribution in [0.15, 0.2) is 42.9 Å². The number of carbonyl (C=O) groups is 1. The molecule has 0 aliphatic carbocycles. The normalized spacial score (nSPS) is 11.2. The number of aromatic nitrogens is 2. The summed E-state index contributed by atoms with van der Waals surface area (Å²) >= 11 is 0. The van der Waals surface area contributed by atoms with Crippen LogP contribution in [0.25, 0.3) is 11.1 Å². The van der Waals surface area contributed by atoms with Gasteiger partial charge in [-0.15, -0.1) is 0 Å². The van der Waals surface area contributed by atoms with Gasteiger partial charge in [0.25, 0.3) is 5.91 Å². The van der Waals surface area contributed by atoms with Gasteiger partial charge in [0.05, 0.1) is 0 Å². The van der Waals surface area contributed by atoms with Crippen LogP contribution in [0.2, 0.25) is 0 Å². The van der Waals surface area contributed by atoms with Crippen LogP contribution < -0.4 is 0 Å². The molecule has 0 spiro atoms. The molecule has 2 aromatic heterocycles. The molecule has 2 heterocycles. The van der Waals surface area contributed by atoms with E-state index < -0.39 is 0 Å². The molecule has 0 saturated heterocycles. The fourth-order valence-corrected chi connectivity index (χ4v) is 1.70. The minimum absolute atomic E-state index is 0.0739. The molecule has 0 aliphatic heterocycles. The zero-order valence-corrected chi connectivity index (χ0v) is 12.3. The topological polar surface area (TPSA) is 46.1 Å². The summed E-state index contributed by atoms with van der Waals surface area (Å²) < 4.78 is 0. The Balaban J connectivity index is 2.23. The molecule has 104 valence electrons. The average Bonchev–Trinajstić information content (AvgIpc) is 2.46. The Morgan fingerprint density at radius 2 is 1.80 bits per heavy atom. The molecule has 1 amide bonds. The maximum atomic E-state index is 12.3. The lowest BCUT2D eigenvalue weighted by molar-refractivity contribution is 0.0649. The second kappa shape index (κ2) is 5.41. The van der Waals surface area contributed by atoms with Crippen LogP contribution in [-0.4, -0.2) is 33.4 Å². The summed E-state index contributed by atoms with van der Waals surface area (Å²) in [5, 5.41) is 0. The zero-order chi connectivity index (χ0) is 14.8. The maximum absolute atomic E-state index is 12.3. The second-order valence-electron chi connectivity index (χ2n) is 5.71. The van der Waals surface area contributed by atoms with E-state index in [0.717, 1.165) is 11.1 Å². The van der Waals surface area contributed by atoms with Crippen molar-refractivity contribution >= 4 is 5.91 Å². The van der Waals surface area contributed by atoms with Crippen molar-refractivity contribution in [3.05, 3.63) is 48.5 Å². The van der Waals surface area contributed by atoms with E-state index in [9.17, 15) is 4.79 Å². The van der Waals surface area contributed by atoms with Crippen molar-refractivity contribution in [3.63, 3.8) is 0 Å². The predicted octanol–water partition coefficient (Wildman–Crippen LogP) is 3.01. The van der Waals surface area contributed by atoms with Crippen LogP contribution in [0.4, 0.5) is 0 Å². The van der Waals surface area contributed by atoms with E-state index in [1.165, 1.54) is 0 Å². The Kier molecular flexibility index (Phi) is 3.84. The molecule has 0 aliphatic rings. The van der Waals surface area contributed by atoms with Crippen LogP contribution in [0.3, 0.4) is 0 Å². The third-order valence-corrected chi connectivity index (χ3v) is 3.29. The number of pyridine rings is 2. The summed E-state index contributed by atoms with van der Waals surface area (Å²) in [4.78, 5) is 22.3. The smallest absolute Gasteiger partial charge is 0.272 e. The lowest BCUT2D eigenvalue weighted by atomic mass is 10.1. The summed E-state index contributed by atoms with van der Waals surface area (Å²) in [6.45, 7) is 5.98. The average molecular weight is 269 g/mol. The Labute approximate surface area is 119 Å². The highest BCUT2D eigenvalue weighted by Gasteiger charge is 2.24. The second-order valence-corrected chi connectivity index (χ2v) is 5.71. The van der Waals surface area contributed by atoms with Gasteiger partial charge in [0.1, 0.15) is 5.69 Å². The molecule has 0 unspecified atom stereocenters. The fraction of sp³-hybridized carbons (Fsp3) is 0.312. The fourth-order valence-electron chi connectivity index (χ4n) is 1.70. The first kappa shape index (κ1) is 14.2. The van der Waals surface area contributed by atoms with Crippen molar-refractivity contribution < 1.29 is 4.79 Å². The van der Waals surface area contributed by atoms with Gasteiger partial charge >= 0.3 is 0 Å². The Morgan fingerprint density at radius 1 is 1.10 bits per heavy atom. The Bertz CT molecular complexity index is 585. The Hall–Kier alpha value is -2.23. The van der Waals surface area contributed by atoms with Gasteiger partial charge in [-0.25, -0.2) is 0 Å². The van der Waals surface area contributed by atoms with E-state index in [4.69, 9.17) is 0 Å². The molecule has 0 bridgehead atoms. The standard InChI is InChI=1S/C16H19N3O/c1-16(2,3)19(4)15(20)14-8-7-13(11-18-14)12-6-5-9-17-10-12/h5-11H,1-4H3. The van der Waals surface area contributed by atoms with Crippen molar-refractivity contribution in [1.82, 2.24) is 14.9 Å². The summed E-state index contributed by atoms with van der Waals surface area (Å²) in [5.74, 6) is -0.0739. The minimum atomic E-state index is -0.221. The zero-order valence-electron chi connectivity index (χ0n) is 12.3. The van der Waals surface area contributed by atoms with Crippen LogP contribution >= 0.6 is 0 Å². The number of rotatable bonds is 2. The summed E-state index contributed by atoms with van der Waals surface area (Å²) in [6.07, 6.45) is 5.22. The first-order valence-corrected chi connectivity index (χ1v) is 6.54. The van der Waals surface area contributed by atoms with Gasteiger partial charge in [-0.05, 0) is 32.9 Å². The third-order valence-electron chi connectivity index (χ3n) is 3.29. The lowest BCUT2D eigenvalue weighted by Crippen LogP contribution is -2.42. The van der Waals surface area contributed by atoms with E-state index in [0.29, 0.717) is 5.69 Å². The van der Waals surface area contributed by atoms with Crippen molar-refractivity contribution in [2.45, 2.75) is 26.3 Å². The van der Waals surface area contributed by atoms with E-state index in [1.807, 2.05) is 39.0 Å². The van der Waals surface area contributed by atoms with Crippen LogP contribution in [-0.2, 0) is 0 Å². The monoisotopic (exact) mass is 269 g/mol. The molecular formula is C16H19N3O. The molecule has 4 nitrogen and oxygen atoms in total. The van der Waals surface area contributed by atoms with E-state index in [2.05, 4.69) is 9.97 Å². The van der Waals surface area contributed by atoms with Gasteiger partial charge in [-0.2, -0.15) is 0 Å². The van der Waals surface area contributed by atoms with Gasteiger partial charge in [0, 0.05) is 42.3 Å². The van der Waals surface area contributed by atoms with Crippen molar-refractivity contribution in [2.24, 2.45) is 0 Å². The van der Waals surface area contributed by atoms with Crippen molar-refractivity contribution in [1.29, 1.82) is 0 Å². The number of carbonyl (C=O) groups excluding carboxylic acids is 1. The first-order valence-electron chi connectivity index (χ1n) is 6.54. The summed E-state index contributed by atoms with van der Waals surface area (Å²) in [7, 11) is 1.79. The number of hydrogen-bond donors (Lipinski definition) is 0. The highest BCUT2D eigenvalue weighted by molar-refractivity contribution is 5.92. The van der Waals surface area contributed by atoms with Gasteiger partial charge in [-0.1, -0.05) is 12.1 Å². The molecule has 2 rings (SSSR count).